The molecule has 1 aliphatic rings. The molecule has 0 bridgehead atoms. The van der Waals surface area contributed by atoms with Gasteiger partial charge in [-0.2, -0.15) is 0 Å². The van der Waals surface area contributed by atoms with Crippen molar-refractivity contribution in [2.75, 3.05) is 29.9 Å². The van der Waals surface area contributed by atoms with Gasteiger partial charge >= 0.3 is 0 Å². The molecule has 1 fully saturated rings. The van der Waals surface area contributed by atoms with Crippen LogP contribution in [0.2, 0.25) is 0 Å². The van der Waals surface area contributed by atoms with Crippen molar-refractivity contribution in [1.29, 1.82) is 0 Å². The summed E-state index contributed by atoms with van der Waals surface area (Å²) in [5.41, 5.74) is 1.02. The summed E-state index contributed by atoms with van der Waals surface area (Å²) in [6.45, 7) is 8.74. The van der Waals surface area contributed by atoms with Gasteiger partial charge in [-0.3, -0.25) is 9.59 Å². The number of hydrogen-bond donors (Lipinski definition) is 2. The molecule has 1 saturated carbocycles. The molecule has 5 nitrogen and oxygen atoms in total. The van der Waals surface area contributed by atoms with Gasteiger partial charge in [-0.25, -0.2) is 0 Å². The Labute approximate surface area is 138 Å². The van der Waals surface area contributed by atoms with E-state index in [1.54, 1.807) is 0 Å². The van der Waals surface area contributed by atoms with Gasteiger partial charge in [0.25, 0.3) is 0 Å². The molecular formula is C18H27N3O2. The molecular weight excluding hydrogens is 290 g/mol. The monoisotopic (exact) mass is 317 g/mol. The Morgan fingerprint density at radius 1 is 1.04 bits per heavy atom. The summed E-state index contributed by atoms with van der Waals surface area (Å²) in [6, 6.07) is 7.79. The first-order chi connectivity index (χ1) is 11.1. The van der Waals surface area contributed by atoms with Crippen LogP contribution in [0.4, 0.5) is 11.4 Å². The molecule has 1 aliphatic carbocycles. The van der Waals surface area contributed by atoms with Crippen molar-refractivity contribution in [1.82, 2.24) is 5.32 Å². The Morgan fingerprint density at radius 2 is 1.65 bits per heavy atom. The van der Waals surface area contributed by atoms with Crippen molar-refractivity contribution in [3.05, 3.63) is 24.3 Å². The van der Waals surface area contributed by atoms with Crippen molar-refractivity contribution in [2.45, 2.75) is 40.0 Å². The van der Waals surface area contributed by atoms with E-state index >= 15 is 0 Å². The normalized spacial score (nSPS) is 14.9. The molecule has 0 aliphatic heterocycles. The van der Waals surface area contributed by atoms with E-state index < -0.39 is 5.41 Å². The van der Waals surface area contributed by atoms with Crippen molar-refractivity contribution in [2.24, 2.45) is 5.41 Å². The second kappa shape index (κ2) is 7.49. The molecule has 0 radical (unpaired) electrons. The van der Waals surface area contributed by atoms with Crippen molar-refractivity contribution < 1.29 is 9.59 Å². The first-order valence-electron chi connectivity index (χ1n) is 8.52. The Bertz CT molecular complexity index is 546. The molecule has 0 heterocycles. The third-order valence-electron chi connectivity index (χ3n) is 4.41. The summed E-state index contributed by atoms with van der Waals surface area (Å²) in [7, 11) is 0. The minimum Gasteiger partial charge on any atom is -0.372 e. The molecule has 0 atom stereocenters. The predicted molar refractivity (Wildman–Crippen MR) is 93.6 cm³/mol. The highest BCUT2D eigenvalue weighted by Gasteiger charge is 2.56. The molecule has 126 valence electrons. The highest BCUT2D eigenvalue weighted by molar-refractivity contribution is 6.13. The van der Waals surface area contributed by atoms with Crippen LogP contribution in [0.1, 0.15) is 40.0 Å². The molecule has 2 amide bonds. The molecule has 0 aromatic heterocycles. The smallest absolute Gasteiger partial charge is 0.240 e. The predicted octanol–water partition coefficient (Wildman–Crippen LogP) is 2.78. The second-order valence-corrected chi connectivity index (χ2v) is 6.01. The fourth-order valence-corrected chi connectivity index (χ4v) is 2.69. The van der Waals surface area contributed by atoms with E-state index in [1.807, 2.05) is 31.2 Å². The van der Waals surface area contributed by atoms with Crippen LogP contribution in [0.5, 0.6) is 0 Å². The molecule has 0 saturated heterocycles. The largest absolute Gasteiger partial charge is 0.372 e. The van der Waals surface area contributed by atoms with Crippen molar-refractivity contribution in [3.8, 4) is 0 Å². The number of carbonyl (C=O) groups is 2. The molecule has 1 aromatic carbocycles. The fourth-order valence-electron chi connectivity index (χ4n) is 2.69. The van der Waals surface area contributed by atoms with Crippen LogP contribution in [-0.2, 0) is 9.59 Å². The van der Waals surface area contributed by atoms with Crippen LogP contribution in [0.15, 0.2) is 24.3 Å². The SMILES string of the molecule is CCCNC(=O)C1(C(=O)Nc2ccc(N(CC)CC)cc2)CC1. The highest BCUT2D eigenvalue weighted by Crippen LogP contribution is 2.46. The summed E-state index contributed by atoms with van der Waals surface area (Å²) in [5.74, 6) is -0.335. The summed E-state index contributed by atoms with van der Waals surface area (Å²) in [5, 5.41) is 5.72. The summed E-state index contributed by atoms with van der Waals surface area (Å²) < 4.78 is 0. The Kier molecular flexibility index (Phi) is 5.64. The molecule has 0 unspecified atom stereocenters. The van der Waals surface area contributed by atoms with Gasteiger partial charge in [0.2, 0.25) is 11.8 Å². The zero-order chi connectivity index (χ0) is 16.9. The third kappa shape index (κ3) is 3.84. The number of amides is 2. The minimum absolute atomic E-state index is 0.142. The van der Waals surface area contributed by atoms with Gasteiger partial charge in [0.1, 0.15) is 5.41 Å². The zero-order valence-electron chi connectivity index (χ0n) is 14.3. The lowest BCUT2D eigenvalue weighted by Crippen LogP contribution is -2.40. The van der Waals surface area contributed by atoms with E-state index in [-0.39, 0.29) is 11.8 Å². The first-order valence-corrected chi connectivity index (χ1v) is 8.52. The number of nitrogens with zero attached hydrogens (tertiary/aromatic N) is 1. The van der Waals surface area contributed by atoms with E-state index in [2.05, 4.69) is 29.4 Å². The lowest BCUT2D eigenvalue weighted by molar-refractivity contribution is -0.134. The van der Waals surface area contributed by atoms with Crippen molar-refractivity contribution >= 4 is 23.2 Å². The quantitative estimate of drug-likeness (QED) is 0.725. The maximum Gasteiger partial charge on any atom is 0.240 e. The van der Waals surface area contributed by atoms with Crippen LogP contribution in [0, 0.1) is 5.41 Å². The van der Waals surface area contributed by atoms with Gasteiger partial charge in [-0.15, -0.1) is 0 Å². The molecule has 1 aromatic rings. The Hall–Kier alpha value is -2.04. The molecule has 5 heteroatoms. The molecule has 0 spiro atoms. The van der Waals surface area contributed by atoms with Gasteiger partial charge < -0.3 is 15.5 Å². The summed E-state index contributed by atoms with van der Waals surface area (Å²) in [4.78, 5) is 26.9. The van der Waals surface area contributed by atoms with E-state index in [0.717, 1.165) is 30.9 Å². The van der Waals surface area contributed by atoms with Crippen LogP contribution < -0.4 is 15.5 Å². The van der Waals surface area contributed by atoms with Gasteiger partial charge in [-0.05, 0) is 57.4 Å². The Balaban J connectivity index is 1.99. The van der Waals surface area contributed by atoms with Crippen LogP contribution in [0.25, 0.3) is 0 Å². The van der Waals surface area contributed by atoms with Crippen LogP contribution in [-0.4, -0.2) is 31.4 Å². The second-order valence-electron chi connectivity index (χ2n) is 6.01. The maximum atomic E-state index is 12.5. The maximum absolute atomic E-state index is 12.5. The Morgan fingerprint density at radius 3 is 2.13 bits per heavy atom. The van der Waals surface area contributed by atoms with Gasteiger partial charge in [0.15, 0.2) is 0 Å². The number of nitrogens with one attached hydrogen (secondary N) is 2. The summed E-state index contributed by atoms with van der Waals surface area (Å²) in [6.07, 6.45) is 2.13. The van der Waals surface area contributed by atoms with E-state index in [0.29, 0.717) is 19.4 Å². The number of hydrogen-bond acceptors (Lipinski definition) is 3. The van der Waals surface area contributed by atoms with Crippen LogP contribution in [0.3, 0.4) is 0 Å². The molecule has 2 N–H and O–H groups in total. The number of benzene rings is 1. The topological polar surface area (TPSA) is 61.4 Å². The van der Waals surface area contributed by atoms with E-state index in [4.69, 9.17) is 0 Å². The van der Waals surface area contributed by atoms with E-state index in [1.165, 1.54) is 0 Å². The zero-order valence-corrected chi connectivity index (χ0v) is 14.3. The number of rotatable bonds is 8. The third-order valence-corrected chi connectivity index (χ3v) is 4.41. The number of anilines is 2. The first kappa shape index (κ1) is 17.3. The molecule has 2 rings (SSSR count). The van der Waals surface area contributed by atoms with Gasteiger partial charge in [0, 0.05) is 31.0 Å². The van der Waals surface area contributed by atoms with Gasteiger partial charge in [-0.1, -0.05) is 6.92 Å². The lowest BCUT2D eigenvalue weighted by atomic mass is 10.0. The minimum atomic E-state index is -0.854. The van der Waals surface area contributed by atoms with Crippen LogP contribution >= 0.6 is 0 Å². The summed E-state index contributed by atoms with van der Waals surface area (Å²) >= 11 is 0. The standard InChI is InChI=1S/C18H27N3O2/c1-4-13-19-16(22)18(11-12-18)17(23)20-14-7-9-15(10-8-14)21(5-2)6-3/h7-10H,4-6,11-13H2,1-3H3,(H,19,22)(H,20,23). The lowest BCUT2D eigenvalue weighted by Gasteiger charge is -2.21. The van der Waals surface area contributed by atoms with Crippen molar-refractivity contribution in [3.63, 3.8) is 0 Å². The molecule has 23 heavy (non-hydrogen) atoms. The highest BCUT2D eigenvalue weighted by atomic mass is 16.2. The van der Waals surface area contributed by atoms with Gasteiger partial charge in [0.05, 0.1) is 0 Å². The van der Waals surface area contributed by atoms with E-state index in [9.17, 15) is 9.59 Å². The average Bonchev–Trinajstić information content (AvgIpc) is 3.37. The number of carbonyl (C=O) groups excluding carboxylic acids is 2. The average molecular weight is 317 g/mol. The fraction of sp³-hybridized carbons (Fsp3) is 0.556.